The van der Waals surface area contributed by atoms with Crippen molar-refractivity contribution in [2.75, 3.05) is 26.4 Å². The number of carbonyl (C=O) groups is 4. The van der Waals surface area contributed by atoms with Gasteiger partial charge in [-0.2, -0.15) is 0 Å². The topological polar surface area (TPSA) is 189 Å². The zero-order chi connectivity index (χ0) is 33.9. The minimum Gasteiger partial charge on any atom is -0.455 e. The van der Waals surface area contributed by atoms with Gasteiger partial charge in [-0.3, -0.25) is 14.4 Å². The van der Waals surface area contributed by atoms with Crippen LogP contribution in [0.15, 0.2) is 22.8 Å². The van der Waals surface area contributed by atoms with Crippen LogP contribution in [0.5, 0.6) is 0 Å². The van der Waals surface area contributed by atoms with Gasteiger partial charge in [-0.15, -0.1) is 0 Å². The van der Waals surface area contributed by atoms with Crippen molar-refractivity contribution in [2.24, 2.45) is 16.6 Å². The van der Waals surface area contributed by atoms with Gasteiger partial charge in [0.1, 0.15) is 29.8 Å². The van der Waals surface area contributed by atoms with E-state index in [4.69, 9.17) is 14.9 Å². The molecule has 2 unspecified atom stereocenters. The van der Waals surface area contributed by atoms with Gasteiger partial charge in [0.25, 0.3) is 0 Å². The molecule has 4 aliphatic rings. The molecule has 13 heteroatoms. The van der Waals surface area contributed by atoms with Crippen molar-refractivity contribution in [1.82, 2.24) is 10.2 Å². The number of aliphatic hydroxyl groups excluding tert-OH is 2. The monoisotopic (exact) mass is 649 g/mol. The fraction of sp³-hybridized carbons (Fsp3) is 0.750. The van der Waals surface area contributed by atoms with Gasteiger partial charge in [0.2, 0.25) is 11.8 Å². The van der Waals surface area contributed by atoms with Gasteiger partial charge >= 0.3 is 5.97 Å². The number of fused-ring (bicyclic) bond motifs is 1. The van der Waals surface area contributed by atoms with Crippen LogP contribution in [0.2, 0.25) is 18.1 Å². The van der Waals surface area contributed by atoms with Crippen molar-refractivity contribution in [1.29, 1.82) is 0 Å². The number of carbonyl (C=O) groups excluding carboxylic acids is 4. The molecule has 1 aliphatic heterocycles. The number of hydrogen-bond donors (Lipinski definition) is 5. The molecule has 0 bridgehead atoms. The van der Waals surface area contributed by atoms with Crippen LogP contribution >= 0.6 is 0 Å². The third kappa shape index (κ3) is 5.95. The molecule has 2 amide bonds. The van der Waals surface area contributed by atoms with Crippen LogP contribution < -0.4 is 11.1 Å². The normalized spacial score (nSPS) is 30.6. The molecule has 4 rings (SSSR count). The Balaban J connectivity index is 1.66. The van der Waals surface area contributed by atoms with Crippen molar-refractivity contribution in [3.8, 4) is 0 Å². The summed E-state index contributed by atoms with van der Waals surface area (Å²) >= 11 is 0. The lowest BCUT2D eigenvalue weighted by Crippen LogP contribution is -2.57. The highest BCUT2D eigenvalue weighted by atomic mass is 28.4. The zero-order valence-electron chi connectivity index (χ0n) is 27.9. The summed E-state index contributed by atoms with van der Waals surface area (Å²) in [7, 11) is -2.26. The highest BCUT2D eigenvalue weighted by molar-refractivity contribution is 6.74. The summed E-state index contributed by atoms with van der Waals surface area (Å²) in [4.78, 5) is 54.8. The lowest BCUT2D eigenvalue weighted by molar-refractivity contribution is -0.161. The second kappa shape index (κ2) is 12.0. The Kier molecular flexibility index (Phi) is 9.44. The molecular formula is C32H51N3O9Si. The van der Waals surface area contributed by atoms with E-state index >= 15 is 0 Å². The van der Waals surface area contributed by atoms with E-state index in [-0.39, 0.29) is 18.2 Å². The maximum atomic E-state index is 14.0. The molecule has 0 aromatic heterocycles. The number of ether oxygens (including phenoxy) is 1. The van der Waals surface area contributed by atoms with Crippen molar-refractivity contribution < 1.29 is 43.7 Å². The predicted molar refractivity (Wildman–Crippen MR) is 168 cm³/mol. The van der Waals surface area contributed by atoms with Gasteiger partial charge in [0.15, 0.2) is 14.1 Å². The largest absolute Gasteiger partial charge is 0.455 e. The van der Waals surface area contributed by atoms with E-state index in [9.17, 15) is 34.5 Å². The molecule has 1 saturated heterocycles. The summed E-state index contributed by atoms with van der Waals surface area (Å²) in [6.45, 7) is 15.0. The van der Waals surface area contributed by atoms with Crippen LogP contribution in [-0.4, -0.2) is 108 Å². The summed E-state index contributed by atoms with van der Waals surface area (Å²) < 4.78 is 13.0. The van der Waals surface area contributed by atoms with Crippen LogP contribution in [0, 0.1) is 10.8 Å². The van der Waals surface area contributed by atoms with Gasteiger partial charge in [-0.05, 0) is 64.6 Å². The van der Waals surface area contributed by atoms with Crippen molar-refractivity contribution in [3.63, 3.8) is 0 Å². The molecule has 1 heterocycles. The number of rotatable bonds is 10. The Hall–Kier alpha value is -2.42. The first-order valence-electron chi connectivity index (χ1n) is 15.8. The molecule has 2 fully saturated rings. The molecule has 6 N–H and O–H groups in total. The Morgan fingerprint density at radius 3 is 2.33 bits per heavy atom. The van der Waals surface area contributed by atoms with Crippen LogP contribution in [0.25, 0.3) is 0 Å². The number of ketones is 1. The van der Waals surface area contributed by atoms with Crippen molar-refractivity contribution in [3.05, 3.63) is 22.8 Å². The summed E-state index contributed by atoms with van der Waals surface area (Å²) in [5, 5.41) is 32.8. The van der Waals surface area contributed by atoms with E-state index in [1.54, 1.807) is 13.0 Å². The molecule has 6 atom stereocenters. The third-order valence-corrected chi connectivity index (χ3v) is 15.5. The second-order valence-corrected chi connectivity index (χ2v) is 20.0. The maximum absolute atomic E-state index is 14.0. The van der Waals surface area contributed by atoms with Gasteiger partial charge in [0.05, 0.1) is 13.2 Å². The third-order valence-electron chi connectivity index (χ3n) is 11.0. The Labute approximate surface area is 266 Å². The predicted octanol–water partition coefficient (Wildman–Crippen LogP) is 1.08. The summed E-state index contributed by atoms with van der Waals surface area (Å²) in [5.41, 5.74) is 4.10. The Bertz CT molecular complexity index is 1310. The van der Waals surface area contributed by atoms with E-state index in [1.807, 2.05) is 13.8 Å². The number of hydrogen-bond acceptors (Lipinski definition) is 10. The lowest BCUT2D eigenvalue weighted by atomic mass is 9.67. The van der Waals surface area contributed by atoms with Crippen LogP contribution in [-0.2, 0) is 28.3 Å². The maximum Gasteiger partial charge on any atom is 0.329 e. The molecule has 0 aromatic carbocycles. The van der Waals surface area contributed by atoms with Crippen molar-refractivity contribution in [2.45, 2.75) is 115 Å². The average Bonchev–Trinajstić information content (AvgIpc) is 3.55. The molecule has 1 spiro atoms. The number of nitrogens with two attached hydrogens (primary N) is 1. The molecular weight excluding hydrogens is 598 g/mol. The Morgan fingerprint density at radius 2 is 1.80 bits per heavy atom. The first-order chi connectivity index (χ1) is 20.7. The van der Waals surface area contributed by atoms with Crippen LogP contribution in [0.3, 0.4) is 0 Å². The SMILES string of the molecule is CC1=C2C(=C[C@@](C)(CO[Si](C)(C)C(C)(C)C)[C@@H]2OC(=O)[C@@H]2CCCN2C(=O)C(CO)NC(=O)C(N)CO)C(=O)[C@](C)(O)C12CC2. The van der Waals surface area contributed by atoms with Gasteiger partial charge in [-0.1, -0.05) is 32.4 Å². The number of likely N-dealkylation sites (tertiary alicyclic amines) is 1. The fourth-order valence-electron chi connectivity index (χ4n) is 6.71. The first kappa shape index (κ1) is 35.4. The summed E-state index contributed by atoms with van der Waals surface area (Å²) in [6, 6.07) is -3.61. The van der Waals surface area contributed by atoms with Gasteiger partial charge in [-0.25, -0.2) is 4.79 Å². The number of amides is 2. The van der Waals surface area contributed by atoms with E-state index in [2.05, 4.69) is 39.2 Å². The van der Waals surface area contributed by atoms with E-state index in [1.165, 1.54) is 4.90 Å². The summed E-state index contributed by atoms with van der Waals surface area (Å²) in [6.07, 6.45) is 3.00. The lowest BCUT2D eigenvalue weighted by Gasteiger charge is -2.42. The van der Waals surface area contributed by atoms with E-state index in [0.717, 1.165) is 5.57 Å². The number of aliphatic hydroxyl groups is 3. The molecule has 0 aromatic rings. The molecule has 252 valence electrons. The average molecular weight is 650 g/mol. The van der Waals surface area contributed by atoms with Gasteiger partial charge in [0, 0.05) is 35.1 Å². The van der Waals surface area contributed by atoms with E-state index < -0.39 is 85.8 Å². The highest BCUT2D eigenvalue weighted by Gasteiger charge is 2.67. The second-order valence-electron chi connectivity index (χ2n) is 15.2. The number of nitrogens with one attached hydrogen (secondary N) is 1. The highest BCUT2D eigenvalue weighted by Crippen LogP contribution is 2.66. The molecule has 45 heavy (non-hydrogen) atoms. The van der Waals surface area contributed by atoms with Gasteiger partial charge < -0.3 is 40.4 Å². The van der Waals surface area contributed by atoms with Crippen LogP contribution in [0.1, 0.15) is 67.2 Å². The molecule has 3 aliphatic carbocycles. The minimum absolute atomic E-state index is 0.0920. The van der Waals surface area contributed by atoms with Crippen molar-refractivity contribution >= 4 is 31.9 Å². The molecule has 12 nitrogen and oxygen atoms in total. The molecule has 0 radical (unpaired) electrons. The van der Waals surface area contributed by atoms with E-state index in [0.29, 0.717) is 36.8 Å². The standard InChI is InChI=1S/C32H51N3O9Si/c1-18-23-19(24(38)31(6,42)32(18)11-12-32)14-30(5,17-43-45(7,8)29(2,3)4)25(23)44-28(41)22-10-9-13-35(22)27(40)21(16-37)34-26(39)20(33)15-36/h14,20-22,25,36-37,42H,9-13,15-17,33H2,1-8H3,(H,34,39)/t20?,21?,22-,25+,30-,31-/m0/s1. The number of esters is 1. The fourth-order valence-corrected chi connectivity index (χ4v) is 7.82. The Morgan fingerprint density at radius 1 is 1.18 bits per heavy atom. The molecule has 1 saturated carbocycles. The number of Topliss-reactive ketones (excluding diaryl/α,β-unsaturated/α-hetero) is 1. The number of nitrogens with zero attached hydrogens (tertiary/aromatic N) is 1. The quantitative estimate of drug-likeness (QED) is 0.169. The minimum atomic E-state index is -2.26. The first-order valence-corrected chi connectivity index (χ1v) is 18.7. The van der Waals surface area contributed by atoms with Crippen LogP contribution in [0.4, 0.5) is 0 Å². The zero-order valence-corrected chi connectivity index (χ0v) is 28.9. The summed E-state index contributed by atoms with van der Waals surface area (Å²) in [5.74, 6) is -2.53. The smallest absolute Gasteiger partial charge is 0.329 e.